The molecule has 5 N–H and O–H groups in total. The number of hydrogen-bond acceptors (Lipinski definition) is 7. The molecule has 0 aliphatic carbocycles. The monoisotopic (exact) mass is 311 g/mol. The first kappa shape index (κ1) is 14.9. The average Bonchev–Trinajstić information content (AvgIpc) is 2.91. The highest BCUT2D eigenvalue weighted by molar-refractivity contribution is 7.89. The third-order valence-corrected chi connectivity index (χ3v) is 4.17. The van der Waals surface area contributed by atoms with Crippen molar-refractivity contribution in [3.8, 4) is 0 Å². The zero-order valence-corrected chi connectivity index (χ0v) is 11.6. The standard InChI is InChI=1S/C11H13N5O4S/c12-8-5-7(11(13)17)1-2-9(8)21(18,19)15-4-3-10-14-6-20-16-10/h1-2,5-6,15H,3-4,12H2,(H2,13,17). The summed E-state index contributed by atoms with van der Waals surface area (Å²) in [4.78, 5) is 14.6. The number of nitrogens with one attached hydrogen (secondary N) is 1. The van der Waals surface area contributed by atoms with Crippen molar-refractivity contribution in [1.82, 2.24) is 14.9 Å². The molecule has 1 heterocycles. The molecule has 0 radical (unpaired) electrons. The van der Waals surface area contributed by atoms with Gasteiger partial charge in [-0.15, -0.1) is 0 Å². The molecule has 2 rings (SSSR count). The number of primary amides is 1. The summed E-state index contributed by atoms with van der Waals surface area (Å²) in [6, 6.07) is 3.74. The Morgan fingerprint density at radius 1 is 1.38 bits per heavy atom. The van der Waals surface area contributed by atoms with Crippen LogP contribution in [0.5, 0.6) is 0 Å². The SMILES string of the molecule is NC(=O)c1ccc(S(=O)(=O)NCCc2ncon2)c(N)c1. The van der Waals surface area contributed by atoms with E-state index in [1.165, 1.54) is 18.2 Å². The van der Waals surface area contributed by atoms with Crippen LogP contribution in [0.4, 0.5) is 5.69 Å². The van der Waals surface area contributed by atoms with Gasteiger partial charge in [-0.1, -0.05) is 5.16 Å². The summed E-state index contributed by atoms with van der Waals surface area (Å²) in [7, 11) is -3.80. The number of rotatable bonds is 6. The van der Waals surface area contributed by atoms with Crippen molar-refractivity contribution < 1.29 is 17.7 Å². The smallest absolute Gasteiger partial charge is 0.248 e. The Labute approximate surface area is 120 Å². The Morgan fingerprint density at radius 3 is 2.71 bits per heavy atom. The number of carbonyl (C=O) groups is 1. The topological polar surface area (TPSA) is 154 Å². The van der Waals surface area contributed by atoms with E-state index in [-0.39, 0.29) is 29.1 Å². The van der Waals surface area contributed by atoms with Gasteiger partial charge in [-0.25, -0.2) is 13.1 Å². The number of amides is 1. The first-order valence-electron chi connectivity index (χ1n) is 5.84. The van der Waals surface area contributed by atoms with Gasteiger partial charge in [0.1, 0.15) is 4.90 Å². The number of hydrogen-bond donors (Lipinski definition) is 3. The van der Waals surface area contributed by atoms with Crippen molar-refractivity contribution in [2.45, 2.75) is 11.3 Å². The van der Waals surface area contributed by atoms with E-state index in [2.05, 4.69) is 19.4 Å². The van der Waals surface area contributed by atoms with Crippen molar-refractivity contribution in [3.63, 3.8) is 0 Å². The van der Waals surface area contributed by atoms with Crippen molar-refractivity contribution in [2.24, 2.45) is 5.73 Å². The molecule has 0 spiro atoms. The van der Waals surface area contributed by atoms with Gasteiger partial charge in [0.15, 0.2) is 5.82 Å². The molecule has 0 atom stereocenters. The number of carbonyl (C=O) groups excluding carboxylic acids is 1. The zero-order valence-electron chi connectivity index (χ0n) is 10.8. The minimum Gasteiger partial charge on any atom is -0.398 e. The van der Waals surface area contributed by atoms with Gasteiger partial charge < -0.3 is 16.0 Å². The summed E-state index contributed by atoms with van der Waals surface area (Å²) in [5.41, 5.74) is 10.8. The Balaban J connectivity index is 2.10. The van der Waals surface area contributed by atoms with E-state index in [4.69, 9.17) is 11.5 Å². The Kier molecular flexibility index (Phi) is 4.19. The van der Waals surface area contributed by atoms with Crippen LogP contribution in [0.2, 0.25) is 0 Å². The maximum atomic E-state index is 12.1. The second kappa shape index (κ2) is 5.89. The minimum absolute atomic E-state index is 0.0571. The molecule has 0 fully saturated rings. The van der Waals surface area contributed by atoms with Gasteiger partial charge >= 0.3 is 0 Å². The first-order chi connectivity index (χ1) is 9.90. The second-order valence-electron chi connectivity index (χ2n) is 4.11. The molecule has 10 heteroatoms. The number of nitrogens with two attached hydrogens (primary N) is 2. The van der Waals surface area contributed by atoms with Gasteiger partial charge in [0, 0.05) is 18.5 Å². The average molecular weight is 311 g/mol. The number of nitrogen functional groups attached to an aromatic ring is 1. The molecule has 0 unspecified atom stereocenters. The molecule has 0 aliphatic rings. The molecule has 0 aliphatic heterocycles. The van der Waals surface area contributed by atoms with Crippen LogP contribution in [0, 0.1) is 0 Å². The van der Waals surface area contributed by atoms with E-state index in [1.807, 2.05) is 0 Å². The molecule has 0 bridgehead atoms. The molecule has 0 saturated heterocycles. The lowest BCUT2D eigenvalue weighted by atomic mass is 10.2. The largest absolute Gasteiger partial charge is 0.398 e. The first-order valence-corrected chi connectivity index (χ1v) is 7.33. The number of anilines is 1. The molecule has 112 valence electrons. The zero-order chi connectivity index (χ0) is 15.5. The molecule has 1 aromatic heterocycles. The third kappa shape index (κ3) is 3.55. The van der Waals surface area contributed by atoms with E-state index in [1.54, 1.807) is 0 Å². The van der Waals surface area contributed by atoms with Crippen LogP contribution in [0.25, 0.3) is 0 Å². The maximum absolute atomic E-state index is 12.1. The lowest BCUT2D eigenvalue weighted by molar-refractivity contribution is 0.1000. The van der Waals surface area contributed by atoms with Crippen LogP contribution in [-0.4, -0.2) is 31.0 Å². The fraction of sp³-hybridized carbons (Fsp3) is 0.182. The quantitative estimate of drug-likeness (QED) is 0.594. The number of benzene rings is 1. The van der Waals surface area contributed by atoms with E-state index in [0.29, 0.717) is 5.82 Å². The molecular weight excluding hydrogens is 298 g/mol. The fourth-order valence-corrected chi connectivity index (χ4v) is 2.77. The van der Waals surface area contributed by atoms with Crippen molar-refractivity contribution in [3.05, 3.63) is 36.0 Å². The summed E-state index contributed by atoms with van der Waals surface area (Å²) in [6.45, 7) is 0.0822. The van der Waals surface area contributed by atoms with Gasteiger partial charge in [0.05, 0.1) is 5.69 Å². The second-order valence-corrected chi connectivity index (χ2v) is 5.85. The Hall–Kier alpha value is -2.46. The van der Waals surface area contributed by atoms with Crippen molar-refractivity contribution >= 4 is 21.6 Å². The highest BCUT2D eigenvalue weighted by Crippen LogP contribution is 2.19. The summed E-state index contributed by atoms with van der Waals surface area (Å²) in [5, 5.41) is 3.56. The predicted octanol–water partition coefficient (Wildman–Crippen LogP) is -0.728. The number of aromatic nitrogens is 2. The van der Waals surface area contributed by atoms with Crippen molar-refractivity contribution in [2.75, 3.05) is 12.3 Å². The van der Waals surface area contributed by atoms with Crippen LogP contribution in [0.1, 0.15) is 16.2 Å². The molecule has 1 aromatic carbocycles. The highest BCUT2D eigenvalue weighted by atomic mass is 32.2. The number of sulfonamides is 1. The van der Waals surface area contributed by atoms with E-state index < -0.39 is 15.9 Å². The van der Waals surface area contributed by atoms with Crippen molar-refractivity contribution in [1.29, 1.82) is 0 Å². The highest BCUT2D eigenvalue weighted by Gasteiger charge is 2.18. The van der Waals surface area contributed by atoms with Crippen LogP contribution in [0.15, 0.2) is 34.0 Å². The molecule has 21 heavy (non-hydrogen) atoms. The third-order valence-electron chi connectivity index (χ3n) is 2.63. The van der Waals surface area contributed by atoms with Crippen LogP contribution in [-0.2, 0) is 16.4 Å². The predicted molar refractivity (Wildman–Crippen MR) is 72.6 cm³/mol. The number of nitrogens with zero attached hydrogens (tertiary/aromatic N) is 2. The van der Waals surface area contributed by atoms with E-state index in [9.17, 15) is 13.2 Å². The van der Waals surface area contributed by atoms with Crippen LogP contribution < -0.4 is 16.2 Å². The normalized spacial score (nSPS) is 11.4. The van der Waals surface area contributed by atoms with Gasteiger partial charge in [0.2, 0.25) is 22.3 Å². The Morgan fingerprint density at radius 2 is 2.14 bits per heavy atom. The molecule has 9 nitrogen and oxygen atoms in total. The minimum atomic E-state index is -3.80. The summed E-state index contributed by atoms with van der Waals surface area (Å²) < 4.78 is 31.1. The van der Waals surface area contributed by atoms with Gasteiger partial charge in [-0.2, -0.15) is 4.98 Å². The van der Waals surface area contributed by atoms with E-state index >= 15 is 0 Å². The van der Waals surface area contributed by atoms with Crippen LogP contribution >= 0.6 is 0 Å². The summed E-state index contributed by atoms with van der Waals surface area (Å²) in [6.07, 6.45) is 1.43. The molecular formula is C11H13N5O4S. The maximum Gasteiger partial charge on any atom is 0.248 e. The Bertz CT molecular complexity index is 742. The fourth-order valence-electron chi connectivity index (χ4n) is 1.62. The molecule has 2 aromatic rings. The molecule has 1 amide bonds. The lowest BCUT2D eigenvalue weighted by Gasteiger charge is -2.09. The summed E-state index contributed by atoms with van der Waals surface area (Å²) >= 11 is 0. The van der Waals surface area contributed by atoms with Crippen LogP contribution in [0.3, 0.4) is 0 Å². The lowest BCUT2D eigenvalue weighted by Crippen LogP contribution is -2.27. The van der Waals surface area contributed by atoms with E-state index in [0.717, 1.165) is 6.39 Å². The van der Waals surface area contributed by atoms with Gasteiger partial charge in [-0.3, -0.25) is 4.79 Å². The van der Waals surface area contributed by atoms with Gasteiger partial charge in [0.25, 0.3) is 0 Å². The molecule has 0 saturated carbocycles. The van der Waals surface area contributed by atoms with Gasteiger partial charge in [-0.05, 0) is 18.2 Å². The summed E-state index contributed by atoms with van der Waals surface area (Å²) in [5.74, 6) is -0.300.